The van der Waals surface area contributed by atoms with Gasteiger partial charge in [-0.05, 0) is 49.4 Å². The molecule has 9 nitrogen and oxygen atoms in total. The number of rotatable bonds is 9. The van der Waals surface area contributed by atoms with Gasteiger partial charge in [0.1, 0.15) is 5.82 Å². The molecule has 0 unspecified atom stereocenters. The van der Waals surface area contributed by atoms with E-state index in [-0.39, 0.29) is 5.91 Å². The lowest BCUT2D eigenvalue weighted by atomic mass is 10.2. The molecule has 168 valence electrons. The van der Waals surface area contributed by atoms with Crippen molar-refractivity contribution >= 4 is 39.7 Å². The normalized spacial score (nSPS) is 11.3. The smallest absolute Gasteiger partial charge is 0.225 e. The van der Waals surface area contributed by atoms with Crippen LogP contribution in [0.2, 0.25) is 0 Å². The molecule has 0 saturated carbocycles. The predicted molar refractivity (Wildman–Crippen MR) is 129 cm³/mol. The summed E-state index contributed by atoms with van der Waals surface area (Å²) in [4.78, 5) is 22.0. The molecule has 4 heterocycles. The molecule has 0 atom stereocenters. The second-order valence-corrected chi connectivity index (χ2v) is 8.78. The number of aromatic nitrogens is 6. The molecular formula is C23H24N8OS. The van der Waals surface area contributed by atoms with Crippen LogP contribution in [0.25, 0.3) is 22.4 Å². The summed E-state index contributed by atoms with van der Waals surface area (Å²) in [5, 5.41) is 17.0. The summed E-state index contributed by atoms with van der Waals surface area (Å²) in [5.74, 6) is 1.58. The van der Waals surface area contributed by atoms with E-state index in [1.807, 2.05) is 57.8 Å². The van der Waals surface area contributed by atoms with Gasteiger partial charge >= 0.3 is 0 Å². The van der Waals surface area contributed by atoms with E-state index in [1.54, 1.807) is 23.9 Å². The number of nitrogens with zero attached hydrogens (tertiary/aromatic N) is 6. The third-order valence-corrected chi connectivity index (χ3v) is 6.28. The SMILES string of the molecule is Cc1nnc2c(NCCCCNC(=O)Cc3cccs3)nc3cc(-n4ccnc4)ccc3n12. The molecule has 4 aromatic heterocycles. The molecule has 0 radical (unpaired) electrons. The van der Waals surface area contributed by atoms with Gasteiger partial charge in [0.25, 0.3) is 0 Å². The molecule has 0 aliphatic rings. The number of aryl methyl sites for hydroxylation is 1. The molecule has 10 heteroatoms. The van der Waals surface area contributed by atoms with Crippen molar-refractivity contribution in [1.29, 1.82) is 0 Å². The van der Waals surface area contributed by atoms with Gasteiger partial charge < -0.3 is 15.2 Å². The number of fused-ring (bicyclic) bond motifs is 3. The third-order valence-electron chi connectivity index (χ3n) is 5.40. The van der Waals surface area contributed by atoms with E-state index >= 15 is 0 Å². The maximum absolute atomic E-state index is 12.0. The Hall–Kier alpha value is -3.79. The van der Waals surface area contributed by atoms with Crippen molar-refractivity contribution in [2.24, 2.45) is 0 Å². The number of imidazole rings is 1. The number of carbonyl (C=O) groups is 1. The van der Waals surface area contributed by atoms with E-state index in [0.717, 1.165) is 46.8 Å². The minimum atomic E-state index is 0.0657. The number of unbranched alkanes of at least 4 members (excludes halogenated alkanes) is 1. The second-order valence-electron chi connectivity index (χ2n) is 7.75. The zero-order valence-electron chi connectivity index (χ0n) is 18.2. The van der Waals surface area contributed by atoms with Crippen molar-refractivity contribution in [3.63, 3.8) is 0 Å². The van der Waals surface area contributed by atoms with Crippen LogP contribution < -0.4 is 10.6 Å². The van der Waals surface area contributed by atoms with Crippen molar-refractivity contribution in [2.45, 2.75) is 26.2 Å². The van der Waals surface area contributed by atoms with E-state index in [2.05, 4.69) is 25.8 Å². The van der Waals surface area contributed by atoms with Gasteiger partial charge in [-0.2, -0.15) is 0 Å². The lowest BCUT2D eigenvalue weighted by Crippen LogP contribution is -2.26. The Bertz CT molecular complexity index is 1380. The average Bonchev–Trinajstić information content (AvgIpc) is 3.58. The Morgan fingerprint density at radius 2 is 2.06 bits per heavy atom. The van der Waals surface area contributed by atoms with Gasteiger partial charge in [0.15, 0.2) is 5.82 Å². The predicted octanol–water partition coefficient (Wildman–Crippen LogP) is 3.38. The summed E-state index contributed by atoms with van der Waals surface area (Å²) in [6.07, 6.45) is 7.64. The number of thiophene rings is 1. The number of hydrogen-bond acceptors (Lipinski definition) is 7. The molecule has 0 aliphatic carbocycles. The van der Waals surface area contributed by atoms with Crippen LogP contribution in [-0.4, -0.2) is 48.1 Å². The van der Waals surface area contributed by atoms with Crippen molar-refractivity contribution in [1.82, 2.24) is 34.4 Å². The van der Waals surface area contributed by atoms with Gasteiger partial charge in [0, 0.05) is 36.0 Å². The van der Waals surface area contributed by atoms with E-state index in [9.17, 15) is 4.79 Å². The van der Waals surface area contributed by atoms with Gasteiger partial charge in [-0.25, -0.2) is 9.97 Å². The first-order valence-electron chi connectivity index (χ1n) is 10.9. The molecular weight excluding hydrogens is 436 g/mol. The van der Waals surface area contributed by atoms with Crippen LogP contribution in [0.4, 0.5) is 5.82 Å². The monoisotopic (exact) mass is 460 g/mol. The fourth-order valence-corrected chi connectivity index (χ4v) is 4.48. The highest BCUT2D eigenvalue weighted by atomic mass is 32.1. The third kappa shape index (κ3) is 4.56. The highest BCUT2D eigenvalue weighted by Crippen LogP contribution is 2.24. The summed E-state index contributed by atoms with van der Waals surface area (Å²) in [6, 6.07) is 10.0. The van der Waals surface area contributed by atoms with Crippen LogP contribution in [-0.2, 0) is 11.2 Å². The van der Waals surface area contributed by atoms with Gasteiger partial charge in [-0.1, -0.05) is 6.07 Å². The Morgan fingerprint density at radius 1 is 1.15 bits per heavy atom. The summed E-state index contributed by atoms with van der Waals surface area (Å²) in [7, 11) is 0. The number of carbonyl (C=O) groups excluding carboxylic acids is 1. The van der Waals surface area contributed by atoms with Gasteiger partial charge in [0.05, 0.1) is 23.8 Å². The Labute approximate surface area is 194 Å². The molecule has 2 N–H and O–H groups in total. The van der Waals surface area contributed by atoms with Crippen molar-refractivity contribution in [2.75, 3.05) is 18.4 Å². The maximum atomic E-state index is 12.0. The fourth-order valence-electron chi connectivity index (χ4n) is 3.77. The van der Waals surface area contributed by atoms with Crippen LogP contribution in [0.5, 0.6) is 0 Å². The van der Waals surface area contributed by atoms with Crippen LogP contribution >= 0.6 is 11.3 Å². The van der Waals surface area contributed by atoms with Crippen LogP contribution in [0.15, 0.2) is 54.4 Å². The fraction of sp³-hybridized carbons (Fsp3) is 0.261. The molecule has 0 fully saturated rings. The standard InChI is InChI=1S/C23H24N8OS/c1-16-28-29-23-22(26-9-3-2-8-25-21(32)14-18-5-4-12-33-18)27-19-13-17(30-11-10-24-15-30)6-7-20(19)31(16)23/h4-7,10-13,15H,2-3,8-9,14H2,1H3,(H,25,32)(H,26,27). The Kier molecular flexibility index (Phi) is 5.99. The van der Waals surface area contributed by atoms with Crippen LogP contribution in [0.3, 0.4) is 0 Å². The summed E-state index contributed by atoms with van der Waals surface area (Å²) in [5.41, 5.74) is 3.50. The summed E-state index contributed by atoms with van der Waals surface area (Å²) in [6.45, 7) is 3.32. The zero-order chi connectivity index (χ0) is 22.6. The minimum absolute atomic E-state index is 0.0657. The summed E-state index contributed by atoms with van der Waals surface area (Å²) < 4.78 is 3.97. The molecule has 33 heavy (non-hydrogen) atoms. The molecule has 5 aromatic rings. The number of amides is 1. The first-order valence-corrected chi connectivity index (χ1v) is 11.7. The molecule has 1 aromatic carbocycles. The quantitative estimate of drug-likeness (QED) is 0.327. The summed E-state index contributed by atoms with van der Waals surface area (Å²) >= 11 is 1.60. The van der Waals surface area contributed by atoms with Gasteiger partial charge in [-0.15, -0.1) is 21.5 Å². The molecule has 1 amide bonds. The largest absolute Gasteiger partial charge is 0.367 e. The molecule has 0 spiro atoms. The first-order chi connectivity index (χ1) is 16.2. The van der Waals surface area contributed by atoms with Crippen molar-refractivity contribution in [3.8, 4) is 5.69 Å². The topological polar surface area (TPSA) is 102 Å². The number of anilines is 1. The lowest BCUT2D eigenvalue weighted by Gasteiger charge is -2.11. The van der Waals surface area contributed by atoms with Crippen molar-refractivity contribution < 1.29 is 4.79 Å². The van der Waals surface area contributed by atoms with E-state index < -0.39 is 0 Å². The van der Waals surface area contributed by atoms with E-state index in [4.69, 9.17) is 4.98 Å². The molecule has 5 rings (SSSR count). The molecule has 0 saturated heterocycles. The lowest BCUT2D eigenvalue weighted by molar-refractivity contribution is -0.120. The second kappa shape index (κ2) is 9.37. The Morgan fingerprint density at radius 3 is 2.88 bits per heavy atom. The number of benzene rings is 1. The first kappa shape index (κ1) is 21.1. The van der Waals surface area contributed by atoms with Gasteiger partial charge in [-0.3, -0.25) is 9.20 Å². The zero-order valence-corrected chi connectivity index (χ0v) is 19.0. The molecule has 0 bridgehead atoms. The van der Waals surface area contributed by atoms with Gasteiger partial charge in [0.2, 0.25) is 11.6 Å². The average molecular weight is 461 g/mol. The van der Waals surface area contributed by atoms with E-state index in [1.165, 1.54) is 0 Å². The van der Waals surface area contributed by atoms with E-state index in [0.29, 0.717) is 24.4 Å². The molecule has 0 aliphatic heterocycles. The highest BCUT2D eigenvalue weighted by molar-refractivity contribution is 7.10. The highest BCUT2D eigenvalue weighted by Gasteiger charge is 2.13. The van der Waals surface area contributed by atoms with Crippen molar-refractivity contribution in [3.05, 3.63) is 65.1 Å². The van der Waals surface area contributed by atoms with Crippen LogP contribution in [0, 0.1) is 6.92 Å². The Balaban J connectivity index is 1.24. The number of hydrogen-bond donors (Lipinski definition) is 2. The maximum Gasteiger partial charge on any atom is 0.225 e. The van der Waals surface area contributed by atoms with Crippen LogP contribution in [0.1, 0.15) is 23.5 Å². The minimum Gasteiger partial charge on any atom is -0.367 e. The number of nitrogens with one attached hydrogen (secondary N) is 2.